The van der Waals surface area contributed by atoms with E-state index in [1.165, 1.54) is 55.1 Å². The molecule has 0 bridgehead atoms. The van der Waals surface area contributed by atoms with Crippen LogP contribution in [-0.4, -0.2) is 47.2 Å². The highest BCUT2D eigenvalue weighted by atomic mass is 35.5. The minimum Gasteiger partial charge on any atom is -0.495 e. The first-order valence-corrected chi connectivity index (χ1v) is 12.4. The molecule has 4 rings (SSSR count). The lowest BCUT2D eigenvalue weighted by Gasteiger charge is -2.24. The van der Waals surface area contributed by atoms with Crippen molar-refractivity contribution in [2.75, 3.05) is 19.0 Å². The second-order valence-corrected chi connectivity index (χ2v) is 9.44. The molecule has 2 N–H and O–H groups in total. The zero-order valence-corrected chi connectivity index (χ0v) is 21.7. The van der Waals surface area contributed by atoms with Crippen molar-refractivity contribution in [2.24, 2.45) is 0 Å². The van der Waals surface area contributed by atoms with Gasteiger partial charge in [0.25, 0.3) is 5.56 Å². The number of halogens is 1. The molecule has 0 spiro atoms. The van der Waals surface area contributed by atoms with Gasteiger partial charge in [-0.05, 0) is 67.8 Å². The number of amides is 1. The molecule has 1 fully saturated rings. The molecule has 9 nitrogen and oxygen atoms in total. The number of hydrogen-bond acceptors (Lipinski definition) is 6. The smallest absolute Gasteiger partial charge is 0.335 e. The summed E-state index contributed by atoms with van der Waals surface area (Å²) >= 11 is 6.19. The zero-order chi connectivity index (χ0) is 27.4. The molecule has 0 saturated carbocycles. The first-order chi connectivity index (χ1) is 18.2. The Bertz CT molecular complexity index is 1430. The van der Waals surface area contributed by atoms with Crippen molar-refractivity contribution in [1.29, 1.82) is 0 Å². The van der Waals surface area contributed by atoms with E-state index in [1.807, 2.05) is 0 Å². The van der Waals surface area contributed by atoms with Crippen LogP contribution in [0.15, 0.2) is 59.5 Å². The number of ether oxygens (including phenoxy) is 2. The van der Waals surface area contributed by atoms with Gasteiger partial charge in [-0.25, -0.2) is 4.79 Å². The fourth-order valence-electron chi connectivity index (χ4n) is 4.54. The molecule has 10 heteroatoms. The Hall–Kier alpha value is -3.95. The Morgan fingerprint density at radius 3 is 2.50 bits per heavy atom. The van der Waals surface area contributed by atoms with Crippen molar-refractivity contribution in [1.82, 2.24) is 4.57 Å². The van der Waals surface area contributed by atoms with Gasteiger partial charge in [-0.1, -0.05) is 11.6 Å². The SMILES string of the molecule is COc1cn(C(CC2CCCO2)C(=O)Nc2ccc(C(=O)O)cc2)c(=O)cc1-c1cc(Cl)ccc1C(C)=O. The minimum absolute atomic E-state index is 0.0846. The number of carboxylic acids is 1. The van der Waals surface area contributed by atoms with Crippen molar-refractivity contribution < 1.29 is 29.0 Å². The number of aromatic carboxylic acids is 1. The van der Waals surface area contributed by atoms with Crippen LogP contribution in [0.4, 0.5) is 5.69 Å². The van der Waals surface area contributed by atoms with Gasteiger partial charge >= 0.3 is 5.97 Å². The molecule has 2 unspecified atom stereocenters. The average molecular weight is 539 g/mol. The van der Waals surface area contributed by atoms with E-state index in [-0.39, 0.29) is 29.6 Å². The van der Waals surface area contributed by atoms with Gasteiger partial charge in [-0.2, -0.15) is 0 Å². The number of carbonyl (C=O) groups excluding carboxylic acids is 2. The molecule has 1 amide bonds. The van der Waals surface area contributed by atoms with Crippen molar-refractivity contribution in [3.8, 4) is 16.9 Å². The maximum absolute atomic E-state index is 13.5. The number of pyridine rings is 1. The highest BCUT2D eigenvalue weighted by molar-refractivity contribution is 6.31. The van der Waals surface area contributed by atoms with Crippen LogP contribution in [0.1, 0.15) is 52.9 Å². The third-order valence-corrected chi connectivity index (χ3v) is 6.70. The van der Waals surface area contributed by atoms with Crippen molar-refractivity contribution in [3.05, 3.63) is 81.2 Å². The van der Waals surface area contributed by atoms with Gasteiger partial charge in [-0.3, -0.25) is 19.0 Å². The lowest BCUT2D eigenvalue weighted by Crippen LogP contribution is -2.35. The van der Waals surface area contributed by atoms with Gasteiger partial charge in [0.05, 0.1) is 25.0 Å². The van der Waals surface area contributed by atoms with Crippen molar-refractivity contribution in [3.63, 3.8) is 0 Å². The molecule has 1 saturated heterocycles. The van der Waals surface area contributed by atoms with Crippen LogP contribution in [0.3, 0.4) is 0 Å². The molecule has 1 aromatic heterocycles. The van der Waals surface area contributed by atoms with Gasteiger partial charge in [0.2, 0.25) is 5.91 Å². The van der Waals surface area contributed by atoms with Crippen LogP contribution < -0.4 is 15.6 Å². The van der Waals surface area contributed by atoms with E-state index in [2.05, 4.69) is 5.32 Å². The number of benzene rings is 2. The Morgan fingerprint density at radius 1 is 1.16 bits per heavy atom. The van der Waals surface area contributed by atoms with Crippen LogP contribution in [0.2, 0.25) is 5.02 Å². The monoisotopic (exact) mass is 538 g/mol. The summed E-state index contributed by atoms with van der Waals surface area (Å²) in [4.78, 5) is 50.3. The molecule has 2 aromatic carbocycles. The predicted molar refractivity (Wildman–Crippen MR) is 142 cm³/mol. The number of methoxy groups -OCH3 is 1. The van der Waals surface area contributed by atoms with Crippen LogP contribution in [0.5, 0.6) is 5.75 Å². The maximum atomic E-state index is 13.5. The first kappa shape index (κ1) is 27.1. The molecule has 1 aliphatic rings. The average Bonchev–Trinajstić information content (AvgIpc) is 3.40. The largest absolute Gasteiger partial charge is 0.495 e. The summed E-state index contributed by atoms with van der Waals surface area (Å²) in [5.74, 6) is -1.46. The second kappa shape index (κ2) is 11.6. The molecule has 0 aliphatic carbocycles. The molecule has 2 atom stereocenters. The number of anilines is 1. The van der Waals surface area contributed by atoms with E-state index in [4.69, 9.17) is 26.2 Å². The fraction of sp³-hybridized carbons (Fsp3) is 0.286. The summed E-state index contributed by atoms with van der Waals surface area (Å²) in [6, 6.07) is 10.9. The van der Waals surface area contributed by atoms with Crippen LogP contribution in [0.25, 0.3) is 11.1 Å². The number of Topliss-reactive ketones (excluding diaryl/α,β-unsaturated/α-hetero) is 1. The maximum Gasteiger partial charge on any atom is 0.335 e. The number of nitrogens with zero attached hydrogens (tertiary/aromatic N) is 1. The highest BCUT2D eigenvalue weighted by Gasteiger charge is 2.29. The van der Waals surface area contributed by atoms with E-state index in [1.54, 1.807) is 18.2 Å². The summed E-state index contributed by atoms with van der Waals surface area (Å²) in [6.45, 7) is 2.00. The summed E-state index contributed by atoms with van der Waals surface area (Å²) in [5.41, 5.74) is 1.20. The van der Waals surface area contributed by atoms with E-state index in [9.17, 15) is 19.2 Å². The van der Waals surface area contributed by atoms with Gasteiger partial charge in [0.15, 0.2) is 5.78 Å². The van der Waals surface area contributed by atoms with Gasteiger partial charge in [-0.15, -0.1) is 0 Å². The van der Waals surface area contributed by atoms with E-state index in [0.29, 0.717) is 34.0 Å². The van der Waals surface area contributed by atoms with Crippen LogP contribution in [0, 0.1) is 0 Å². The lowest BCUT2D eigenvalue weighted by molar-refractivity contribution is -0.120. The quantitative estimate of drug-likeness (QED) is 0.374. The minimum atomic E-state index is -1.08. The van der Waals surface area contributed by atoms with Gasteiger partial charge < -0.3 is 19.9 Å². The molecule has 3 aromatic rings. The fourth-order valence-corrected chi connectivity index (χ4v) is 4.71. The Kier molecular flexibility index (Phi) is 8.29. The normalized spacial score (nSPS) is 15.6. The molecule has 198 valence electrons. The number of carbonyl (C=O) groups is 3. The van der Waals surface area contributed by atoms with Crippen molar-refractivity contribution in [2.45, 2.75) is 38.3 Å². The number of aromatic nitrogens is 1. The summed E-state index contributed by atoms with van der Waals surface area (Å²) in [6.07, 6.45) is 3.10. The first-order valence-electron chi connectivity index (χ1n) is 12.0. The van der Waals surface area contributed by atoms with E-state index in [0.717, 1.165) is 12.8 Å². The standard InChI is InChI=1S/C28H27ClN2O7/c1-16(32)21-10-7-18(29)12-22(21)23-14-26(33)31(15-25(23)37-2)24(13-20-4-3-11-38-20)27(34)30-19-8-5-17(6-9-19)28(35)36/h5-10,12,14-15,20,24H,3-4,11,13H2,1-2H3,(H,30,34)(H,35,36). The second-order valence-electron chi connectivity index (χ2n) is 9.01. The molecular formula is C28H27ClN2O7. The third-order valence-electron chi connectivity index (χ3n) is 6.46. The van der Waals surface area contributed by atoms with Crippen LogP contribution in [-0.2, 0) is 9.53 Å². The molecule has 38 heavy (non-hydrogen) atoms. The number of rotatable bonds is 9. The van der Waals surface area contributed by atoms with E-state index >= 15 is 0 Å². The number of carboxylic acid groups (broad SMARTS) is 1. The third kappa shape index (κ3) is 5.95. The number of hydrogen-bond donors (Lipinski definition) is 2. The lowest BCUT2D eigenvalue weighted by atomic mass is 9.97. The van der Waals surface area contributed by atoms with Crippen LogP contribution >= 0.6 is 11.6 Å². The van der Waals surface area contributed by atoms with Crippen molar-refractivity contribution >= 4 is 34.9 Å². The summed E-state index contributed by atoms with van der Waals surface area (Å²) in [7, 11) is 1.44. The highest BCUT2D eigenvalue weighted by Crippen LogP contribution is 2.34. The Labute approximate surface area is 224 Å². The topological polar surface area (TPSA) is 124 Å². The Balaban J connectivity index is 1.75. The number of nitrogens with one attached hydrogen (secondary N) is 1. The molecule has 2 heterocycles. The Morgan fingerprint density at radius 2 is 1.89 bits per heavy atom. The van der Waals surface area contributed by atoms with E-state index < -0.39 is 23.5 Å². The number of ketones is 1. The zero-order valence-electron chi connectivity index (χ0n) is 20.9. The van der Waals surface area contributed by atoms with Gasteiger partial charge in [0, 0.05) is 40.9 Å². The van der Waals surface area contributed by atoms with Gasteiger partial charge in [0.1, 0.15) is 11.8 Å². The molecular weight excluding hydrogens is 512 g/mol. The molecule has 1 aliphatic heterocycles. The summed E-state index contributed by atoms with van der Waals surface area (Å²) < 4.78 is 12.6. The molecule has 0 radical (unpaired) electrons. The summed E-state index contributed by atoms with van der Waals surface area (Å²) in [5, 5.41) is 12.3. The predicted octanol–water partition coefficient (Wildman–Crippen LogP) is 4.83.